The third kappa shape index (κ3) is 2.94. The van der Waals surface area contributed by atoms with Crippen LogP contribution in [0, 0.1) is 0 Å². The van der Waals surface area contributed by atoms with Crippen molar-refractivity contribution in [1.82, 2.24) is 9.97 Å². The standard InChI is InChI=1S/C13H22N4/c1-2-5-12-6-3-4-7-17(12)13-15-9-11(8-14)10-16-13/h9-10,12H,2-8,14H2,1H3. The number of hydrogen-bond donors (Lipinski definition) is 1. The molecule has 1 saturated heterocycles. The lowest BCUT2D eigenvalue weighted by Crippen LogP contribution is -2.40. The predicted molar refractivity (Wildman–Crippen MR) is 69.8 cm³/mol. The number of anilines is 1. The largest absolute Gasteiger partial charge is 0.338 e. The third-order valence-electron chi connectivity index (χ3n) is 3.43. The Morgan fingerprint density at radius 1 is 1.35 bits per heavy atom. The zero-order chi connectivity index (χ0) is 12.1. The fourth-order valence-corrected chi connectivity index (χ4v) is 2.50. The molecule has 1 fully saturated rings. The molecule has 0 saturated carbocycles. The maximum atomic E-state index is 5.56. The summed E-state index contributed by atoms with van der Waals surface area (Å²) in [5, 5.41) is 0. The molecular formula is C13H22N4. The molecule has 1 aromatic rings. The first-order valence-corrected chi connectivity index (χ1v) is 6.62. The minimum atomic E-state index is 0.513. The highest BCUT2D eigenvalue weighted by Gasteiger charge is 2.23. The second-order valence-corrected chi connectivity index (χ2v) is 4.73. The van der Waals surface area contributed by atoms with Gasteiger partial charge in [0.05, 0.1) is 0 Å². The molecule has 4 nitrogen and oxygen atoms in total. The maximum Gasteiger partial charge on any atom is 0.225 e. The van der Waals surface area contributed by atoms with Crippen molar-refractivity contribution in [2.45, 2.75) is 51.6 Å². The predicted octanol–water partition coefficient (Wildman–Crippen LogP) is 2.09. The van der Waals surface area contributed by atoms with E-state index in [1.54, 1.807) is 0 Å². The van der Waals surface area contributed by atoms with Crippen molar-refractivity contribution in [3.05, 3.63) is 18.0 Å². The van der Waals surface area contributed by atoms with E-state index in [1.165, 1.54) is 32.1 Å². The topological polar surface area (TPSA) is 55.0 Å². The summed E-state index contributed by atoms with van der Waals surface area (Å²) in [4.78, 5) is 11.2. The van der Waals surface area contributed by atoms with Crippen LogP contribution in [0.3, 0.4) is 0 Å². The fourth-order valence-electron chi connectivity index (χ4n) is 2.50. The van der Waals surface area contributed by atoms with E-state index in [1.807, 2.05) is 12.4 Å². The summed E-state index contributed by atoms with van der Waals surface area (Å²) in [6.45, 7) is 3.84. The fraction of sp³-hybridized carbons (Fsp3) is 0.692. The molecule has 0 aromatic carbocycles. The first kappa shape index (κ1) is 12.3. The van der Waals surface area contributed by atoms with Gasteiger partial charge >= 0.3 is 0 Å². The molecule has 2 heterocycles. The molecule has 1 aromatic heterocycles. The van der Waals surface area contributed by atoms with Gasteiger partial charge < -0.3 is 10.6 Å². The van der Waals surface area contributed by atoms with Gasteiger partial charge in [-0.15, -0.1) is 0 Å². The van der Waals surface area contributed by atoms with Gasteiger partial charge in [0.25, 0.3) is 0 Å². The number of nitrogens with two attached hydrogens (primary N) is 1. The molecule has 0 amide bonds. The molecule has 0 aliphatic carbocycles. The van der Waals surface area contributed by atoms with Crippen molar-refractivity contribution in [2.75, 3.05) is 11.4 Å². The van der Waals surface area contributed by atoms with Crippen LogP contribution in [0.25, 0.3) is 0 Å². The first-order chi connectivity index (χ1) is 8.35. The van der Waals surface area contributed by atoms with Crippen LogP contribution in [0.5, 0.6) is 0 Å². The van der Waals surface area contributed by atoms with E-state index in [9.17, 15) is 0 Å². The normalized spacial score (nSPS) is 20.6. The Bertz CT molecular complexity index is 334. The van der Waals surface area contributed by atoms with Crippen molar-refractivity contribution in [2.24, 2.45) is 5.73 Å². The summed E-state index contributed by atoms with van der Waals surface area (Å²) in [5.41, 5.74) is 6.56. The van der Waals surface area contributed by atoms with Gasteiger partial charge in [0, 0.05) is 37.1 Å². The van der Waals surface area contributed by atoms with Gasteiger partial charge in [0.2, 0.25) is 5.95 Å². The minimum Gasteiger partial charge on any atom is -0.338 e. The Kier molecular flexibility index (Phi) is 4.31. The summed E-state index contributed by atoms with van der Waals surface area (Å²) >= 11 is 0. The maximum absolute atomic E-state index is 5.56. The summed E-state index contributed by atoms with van der Waals surface area (Å²) in [7, 11) is 0. The smallest absolute Gasteiger partial charge is 0.225 e. The summed E-state index contributed by atoms with van der Waals surface area (Å²) in [6.07, 6.45) is 10.0. The van der Waals surface area contributed by atoms with Gasteiger partial charge in [-0.05, 0) is 25.7 Å². The monoisotopic (exact) mass is 234 g/mol. The zero-order valence-corrected chi connectivity index (χ0v) is 10.6. The van der Waals surface area contributed by atoms with Crippen molar-refractivity contribution >= 4 is 5.95 Å². The van der Waals surface area contributed by atoms with Crippen LogP contribution in [0.15, 0.2) is 12.4 Å². The molecule has 1 atom stereocenters. The van der Waals surface area contributed by atoms with E-state index < -0.39 is 0 Å². The van der Waals surface area contributed by atoms with E-state index in [4.69, 9.17) is 5.73 Å². The van der Waals surface area contributed by atoms with Crippen molar-refractivity contribution in [1.29, 1.82) is 0 Å². The quantitative estimate of drug-likeness (QED) is 0.866. The van der Waals surface area contributed by atoms with Crippen molar-refractivity contribution in [3.8, 4) is 0 Å². The Balaban J connectivity index is 2.11. The molecule has 2 N–H and O–H groups in total. The van der Waals surface area contributed by atoms with Crippen LogP contribution in [-0.2, 0) is 6.54 Å². The Labute approximate surface area is 103 Å². The van der Waals surface area contributed by atoms with Crippen LogP contribution in [0.2, 0.25) is 0 Å². The molecule has 0 radical (unpaired) electrons. The Hall–Kier alpha value is -1.16. The number of aromatic nitrogens is 2. The molecule has 17 heavy (non-hydrogen) atoms. The van der Waals surface area contributed by atoms with Gasteiger partial charge in [0.15, 0.2) is 0 Å². The van der Waals surface area contributed by atoms with Gasteiger partial charge in [-0.25, -0.2) is 9.97 Å². The highest BCUT2D eigenvalue weighted by Crippen LogP contribution is 2.24. The molecule has 1 aliphatic rings. The SMILES string of the molecule is CCCC1CCCCN1c1ncc(CN)cn1. The molecule has 2 rings (SSSR count). The molecule has 1 aliphatic heterocycles. The van der Waals surface area contributed by atoms with Crippen molar-refractivity contribution < 1.29 is 0 Å². The lowest BCUT2D eigenvalue weighted by atomic mass is 9.99. The molecular weight excluding hydrogens is 212 g/mol. The van der Waals surface area contributed by atoms with Gasteiger partial charge in [-0.2, -0.15) is 0 Å². The number of nitrogens with zero attached hydrogens (tertiary/aromatic N) is 3. The second-order valence-electron chi connectivity index (χ2n) is 4.73. The summed E-state index contributed by atoms with van der Waals surface area (Å²) < 4.78 is 0. The minimum absolute atomic E-state index is 0.513. The average molecular weight is 234 g/mol. The zero-order valence-electron chi connectivity index (χ0n) is 10.6. The number of piperidine rings is 1. The van der Waals surface area contributed by atoms with Gasteiger partial charge in [-0.3, -0.25) is 0 Å². The van der Waals surface area contributed by atoms with E-state index in [2.05, 4.69) is 21.8 Å². The molecule has 94 valence electrons. The summed E-state index contributed by atoms with van der Waals surface area (Å²) in [5.74, 6) is 0.875. The van der Waals surface area contributed by atoms with E-state index in [0.29, 0.717) is 12.6 Å². The van der Waals surface area contributed by atoms with E-state index in [0.717, 1.165) is 18.1 Å². The second kappa shape index (κ2) is 5.96. The van der Waals surface area contributed by atoms with E-state index >= 15 is 0 Å². The average Bonchev–Trinajstić information content (AvgIpc) is 2.40. The van der Waals surface area contributed by atoms with E-state index in [-0.39, 0.29) is 0 Å². The van der Waals surface area contributed by atoms with Crippen LogP contribution in [0.1, 0.15) is 44.6 Å². The molecule has 0 spiro atoms. The Morgan fingerprint density at radius 3 is 2.76 bits per heavy atom. The lowest BCUT2D eigenvalue weighted by molar-refractivity contribution is 0.428. The number of rotatable bonds is 4. The van der Waals surface area contributed by atoms with Crippen molar-refractivity contribution in [3.63, 3.8) is 0 Å². The van der Waals surface area contributed by atoms with Crippen LogP contribution >= 0.6 is 0 Å². The molecule has 1 unspecified atom stereocenters. The van der Waals surface area contributed by atoms with Crippen LogP contribution in [0.4, 0.5) is 5.95 Å². The highest BCUT2D eigenvalue weighted by atomic mass is 15.3. The molecule has 0 bridgehead atoms. The third-order valence-corrected chi connectivity index (χ3v) is 3.43. The Morgan fingerprint density at radius 2 is 2.12 bits per heavy atom. The highest BCUT2D eigenvalue weighted by molar-refractivity contribution is 5.32. The van der Waals surface area contributed by atoms with Gasteiger partial charge in [0.1, 0.15) is 0 Å². The van der Waals surface area contributed by atoms with Gasteiger partial charge in [-0.1, -0.05) is 13.3 Å². The molecule has 4 heteroatoms. The van der Waals surface area contributed by atoms with Crippen LogP contribution in [-0.4, -0.2) is 22.6 Å². The van der Waals surface area contributed by atoms with Crippen LogP contribution < -0.4 is 10.6 Å². The summed E-state index contributed by atoms with van der Waals surface area (Å²) in [6, 6.07) is 0.623. The lowest BCUT2D eigenvalue weighted by Gasteiger charge is -2.35. The number of hydrogen-bond acceptors (Lipinski definition) is 4. The first-order valence-electron chi connectivity index (χ1n) is 6.62.